The van der Waals surface area contributed by atoms with Gasteiger partial charge in [0.25, 0.3) is 0 Å². The fourth-order valence-electron chi connectivity index (χ4n) is 1.95. The summed E-state index contributed by atoms with van der Waals surface area (Å²) in [5.74, 6) is 0. The molecule has 1 heterocycles. The Bertz CT molecular complexity index is 348. The van der Waals surface area contributed by atoms with E-state index in [9.17, 15) is 0 Å². The molecule has 0 fully saturated rings. The van der Waals surface area contributed by atoms with Crippen LogP contribution in [0.5, 0.6) is 0 Å². The minimum Gasteiger partial charge on any atom is -0.321 e. The van der Waals surface area contributed by atoms with E-state index in [0.29, 0.717) is 0 Å². The van der Waals surface area contributed by atoms with Gasteiger partial charge >= 0.3 is 0 Å². The summed E-state index contributed by atoms with van der Waals surface area (Å²) in [4.78, 5) is 8.26. The van der Waals surface area contributed by atoms with Crippen molar-refractivity contribution in [3.8, 4) is 0 Å². The Morgan fingerprint density at radius 3 is 2.29 bits per heavy atom. The molecule has 0 aromatic carbocycles. The van der Waals surface area contributed by atoms with Crippen LogP contribution in [0.4, 0.5) is 0 Å². The van der Waals surface area contributed by atoms with Gasteiger partial charge in [0.2, 0.25) is 0 Å². The first-order valence-corrected chi connectivity index (χ1v) is 7.18. The highest BCUT2D eigenvalue weighted by Gasteiger charge is 2.21. The third kappa shape index (κ3) is 4.05. The summed E-state index contributed by atoms with van der Waals surface area (Å²) in [6.07, 6.45) is 1.03. The molecule has 0 aliphatic heterocycles. The largest absolute Gasteiger partial charge is 0.321 e. The van der Waals surface area contributed by atoms with Crippen LogP contribution in [0.15, 0.2) is 0 Å². The van der Waals surface area contributed by atoms with E-state index in [4.69, 9.17) is 5.73 Å². The number of likely N-dealkylation sites (N-methyl/N-ethyl adjacent to an activating group) is 1. The molecule has 0 atom stereocenters. The SMILES string of the molecule is CCN(CC)CCc1nc(C)c(C(C)(C)N)s1. The van der Waals surface area contributed by atoms with Gasteiger partial charge in [-0.05, 0) is 33.9 Å². The second-order valence-electron chi connectivity index (χ2n) is 5.02. The first-order valence-electron chi connectivity index (χ1n) is 6.36. The van der Waals surface area contributed by atoms with E-state index in [1.807, 2.05) is 13.8 Å². The molecule has 0 spiro atoms. The highest BCUT2D eigenvalue weighted by Crippen LogP contribution is 2.27. The Balaban J connectivity index is 2.68. The van der Waals surface area contributed by atoms with E-state index in [2.05, 4.69) is 30.7 Å². The van der Waals surface area contributed by atoms with Gasteiger partial charge in [-0.25, -0.2) is 4.98 Å². The maximum absolute atomic E-state index is 6.14. The van der Waals surface area contributed by atoms with Gasteiger partial charge in [0, 0.05) is 23.4 Å². The van der Waals surface area contributed by atoms with Gasteiger partial charge in [-0.2, -0.15) is 0 Å². The summed E-state index contributed by atoms with van der Waals surface area (Å²) < 4.78 is 0. The van der Waals surface area contributed by atoms with Crippen molar-refractivity contribution in [2.75, 3.05) is 19.6 Å². The number of nitrogens with zero attached hydrogens (tertiary/aromatic N) is 2. The number of hydrogen-bond donors (Lipinski definition) is 1. The lowest BCUT2D eigenvalue weighted by Crippen LogP contribution is -2.28. The van der Waals surface area contributed by atoms with Crippen molar-refractivity contribution in [3.05, 3.63) is 15.6 Å². The van der Waals surface area contributed by atoms with Gasteiger partial charge in [0.1, 0.15) is 0 Å². The van der Waals surface area contributed by atoms with Crippen molar-refractivity contribution in [3.63, 3.8) is 0 Å². The molecule has 0 saturated carbocycles. The molecule has 3 nitrogen and oxygen atoms in total. The monoisotopic (exact) mass is 255 g/mol. The van der Waals surface area contributed by atoms with Crippen LogP contribution in [0.3, 0.4) is 0 Å². The van der Waals surface area contributed by atoms with Crippen molar-refractivity contribution in [2.45, 2.75) is 46.6 Å². The van der Waals surface area contributed by atoms with Crippen molar-refractivity contribution in [1.29, 1.82) is 0 Å². The van der Waals surface area contributed by atoms with E-state index in [-0.39, 0.29) is 5.54 Å². The Morgan fingerprint density at radius 2 is 1.88 bits per heavy atom. The van der Waals surface area contributed by atoms with Crippen LogP contribution in [0.25, 0.3) is 0 Å². The zero-order valence-corrected chi connectivity index (χ0v) is 12.5. The lowest BCUT2D eigenvalue weighted by Gasteiger charge is -2.17. The highest BCUT2D eigenvalue weighted by molar-refractivity contribution is 7.11. The summed E-state index contributed by atoms with van der Waals surface area (Å²) in [5, 5.41) is 1.21. The van der Waals surface area contributed by atoms with Crippen molar-refractivity contribution in [2.24, 2.45) is 5.73 Å². The molecule has 98 valence electrons. The first-order chi connectivity index (χ1) is 7.88. The van der Waals surface area contributed by atoms with E-state index in [1.165, 1.54) is 9.88 Å². The molecule has 1 rings (SSSR count). The average molecular weight is 255 g/mol. The maximum atomic E-state index is 6.14. The second-order valence-corrected chi connectivity index (χ2v) is 6.10. The third-order valence-electron chi connectivity index (χ3n) is 2.96. The molecule has 0 aliphatic rings. The lowest BCUT2D eigenvalue weighted by atomic mass is 10.0. The van der Waals surface area contributed by atoms with Crippen molar-refractivity contribution < 1.29 is 0 Å². The second kappa shape index (κ2) is 5.94. The van der Waals surface area contributed by atoms with Crippen molar-refractivity contribution >= 4 is 11.3 Å². The predicted molar refractivity (Wildman–Crippen MR) is 75.6 cm³/mol. The van der Waals surface area contributed by atoms with Crippen LogP contribution in [-0.4, -0.2) is 29.5 Å². The Morgan fingerprint density at radius 1 is 1.29 bits per heavy atom. The number of aryl methyl sites for hydroxylation is 1. The molecule has 0 amide bonds. The molecule has 1 aromatic heterocycles. The van der Waals surface area contributed by atoms with Crippen LogP contribution in [0, 0.1) is 6.92 Å². The Labute approximate surface area is 109 Å². The van der Waals surface area contributed by atoms with Gasteiger partial charge in [0.05, 0.1) is 10.7 Å². The lowest BCUT2D eigenvalue weighted by molar-refractivity contribution is 0.308. The minimum absolute atomic E-state index is 0.269. The fraction of sp³-hybridized carbons (Fsp3) is 0.769. The summed E-state index contributed by atoms with van der Waals surface area (Å²) >= 11 is 1.77. The molecule has 0 saturated heterocycles. The zero-order chi connectivity index (χ0) is 13.1. The summed E-state index contributed by atoms with van der Waals surface area (Å²) in [6, 6.07) is 0. The number of hydrogen-bond acceptors (Lipinski definition) is 4. The minimum atomic E-state index is -0.269. The third-order valence-corrected chi connectivity index (χ3v) is 4.52. The topological polar surface area (TPSA) is 42.2 Å². The number of thiazole rings is 1. The highest BCUT2D eigenvalue weighted by atomic mass is 32.1. The maximum Gasteiger partial charge on any atom is 0.0944 e. The molecule has 4 heteroatoms. The van der Waals surface area contributed by atoms with Crippen LogP contribution >= 0.6 is 11.3 Å². The van der Waals surface area contributed by atoms with Gasteiger partial charge in [0.15, 0.2) is 0 Å². The number of rotatable bonds is 6. The summed E-state index contributed by atoms with van der Waals surface area (Å²) in [6.45, 7) is 13.8. The smallest absolute Gasteiger partial charge is 0.0944 e. The molecule has 0 radical (unpaired) electrons. The van der Waals surface area contributed by atoms with E-state index in [1.54, 1.807) is 11.3 Å². The molecule has 0 bridgehead atoms. The predicted octanol–water partition coefficient (Wildman–Crippen LogP) is 2.53. The number of nitrogens with two attached hydrogens (primary N) is 1. The fourth-order valence-corrected chi connectivity index (χ4v) is 3.02. The molecule has 0 aliphatic carbocycles. The molecule has 1 aromatic rings. The van der Waals surface area contributed by atoms with Gasteiger partial charge in [-0.1, -0.05) is 13.8 Å². The van der Waals surface area contributed by atoms with Crippen LogP contribution in [0.2, 0.25) is 0 Å². The number of aromatic nitrogens is 1. The first kappa shape index (κ1) is 14.6. The van der Waals surface area contributed by atoms with E-state index in [0.717, 1.165) is 31.7 Å². The van der Waals surface area contributed by atoms with Crippen LogP contribution < -0.4 is 5.73 Å². The molecular formula is C13H25N3S. The molecular weight excluding hydrogens is 230 g/mol. The summed E-state index contributed by atoms with van der Waals surface area (Å²) in [5.41, 5.74) is 6.97. The average Bonchev–Trinajstić information content (AvgIpc) is 2.61. The molecule has 0 unspecified atom stereocenters. The van der Waals surface area contributed by atoms with E-state index >= 15 is 0 Å². The zero-order valence-electron chi connectivity index (χ0n) is 11.7. The summed E-state index contributed by atoms with van der Waals surface area (Å²) in [7, 11) is 0. The molecule has 2 N–H and O–H groups in total. The van der Waals surface area contributed by atoms with Gasteiger partial charge in [-0.15, -0.1) is 11.3 Å². The Kier molecular flexibility index (Phi) is 5.10. The normalized spacial score (nSPS) is 12.4. The molecule has 17 heavy (non-hydrogen) atoms. The quantitative estimate of drug-likeness (QED) is 0.849. The van der Waals surface area contributed by atoms with Gasteiger partial charge in [-0.3, -0.25) is 0 Å². The van der Waals surface area contributed by atoms with Crippen molar-refractivity contribution in [1.82, 2.24) is 9.88 Å². The van der Waals surface area contributed by atoms with Crippen LogP contribution in [-0.2, 0) is 12.0 Å². The Hall–Kier alpha value is -0.450. The standard InChI is InChI=1S/C13H25N3S/c1-6-16(7-2)9-8-11-15-10(3)12(17-11)13(4,5)14/h6-9,14H2,1-5H3. The van der Waals surface area contributed by atoms with E-state index < -0.39 is 0 Å². The van der Waals surface area contributed by atoms with Gasteiger partial charge < -0.3 is 10.6 Å². The van der Waals surface area contributed by atoms with Crippen LogP contribution in [0.1, 0.15) is 43.3 Å².